The zero-order chi connectivity index (χ0) is 28.4. The summed E-state index contributed by atoms with van der Waals surface area (Å²) in [5.41, 5.74) is -0.789. The number of phenols is 2. The van der Waals surface area contributed by atoms with Crippen molar-refractivity contribution in [2.75, 3.05) is 27.4 Å². The molecule has 13 heteroatoms. The van der Waals surface area contributed by atoms with E-state index >= 15 is 0 Å². The van der Waals surface area contributed by atoms with Crippen LogP contribution in [-0.4, -0.2) is 83.9 Å². The van der Waals surface area contributed by atoms with E-state index in [2.05, 4.69) is 9.47 Å². The summed E-state index contributed by atoms with van der Waals surface area (Å²) < 4.78 is 19.3. The molecule has 0 heterocycles. The van der Waals surface area contributed by atoms with Gasteiger partial charge in [0.25, 0.3) is 0 Å². The molecule has 0 aliphatic carbocycles. The molecular weight excluding hydrogens is 516 g/mol. The van der Waals surface area contributed by atoms with Crippen LogP contribution in [0.5, 0.6) is 23.0 Å². The van der Waals surface area contributed by atoms with E-state index in [9.17, 15) is 44.1 Å². The van der Waals surface area contributed by atoms with Crippen molar-refractivity contribution < 1.29 is 63.0 Å². The molecule has 0 aliphatic heterocycles. The number of phenolic OH excluding ortho intramolecular Hbond substituents is 2. The fourth-order valence-corrected chi connectivity index (χ4v) is 3.10. The third-order valence-corrected chi connectivity index (χ3v) is 4.90. The van der Waals surface area contributed by atoms with Gasteiger partial charge in [-0.3, -0.25) is 19.2 Å². The Hall–Kier alpha value is -4.78. The van der Waals surface area contributed by atoms with Gasteiger partial charge in [0, 0.05) is 0 Å². The van der Waals surface area contributed by atoms with Gasteiger partial charge in [-0.15, -0.1) is 0 Å². The van der Waals surface area contributed by atoms with Crippen molar-refractivity contribution in [3.63, 3.8) is 0 Å². The van der Waals surface area contributed by atoms with Crippen LogP contribution in [0.3, 0.4) is 0 Å². The van der Waals surface area contributed by atoms with E-state index in [4.69, 9.17) is 9.47 Å². The summed E-state index contributed by atoms with van der Waals surface area (Å²) in [4.78, 5) is 71.0. The molecule has 0 unspecified atom stereocenters. The number of aromatic hydroxyl groups is 2. The molecule has 0 aliphatic rings. The maximum absolute atomic E-state index is 12.5. The molecule has 0 amide bonds. The molecule has 0 saturated heterocycles. The minimum Gasteiger partial charge on any atom is -0.507 e. The monoisotopic (exact) mass is 540 g/mol. The molecule has 0 spiro atoms. The minimum absolute atomic E-state index is 0.193. The third-order valence-electron chi connectivity index (χ3n) is 4.90. The van der Waals surface area contributed by atoms with Crippen LogP contribution in [0.2, 0.25) is 0 Å². The van der Waals surface area contributed by atoms with Crippen LogP contribution in [-0.2, 0) is 28.7 Å². The Bertz CT molecular complexity index is 1150. The van der Waals surface area contributed by atoms with Gasteiger partial charge in [-0.05, 0) is 24.3 Å². The highest BCUT2D eigenvalue weighted by Crippen LogP contribution is 2.30. The maximum atomic E-state index is 12.5. The van der Waals surface area contributed by atoms with E-state index < -0.39 is 89.9 Å². The van der Waals surface area contributed by atoms with Crippen LogP contribution in [0.25, 0.3) is 0 Å². The van der Waals surface area contributed by atoms with Gasteiger partial charge in [-0.2, -0.15) is 0 Å². The summed E-state index contributed by atoms with van der Waals surface area (Å²) in [5, 5.41) is 30.5. The number of rotatable bonds is 14. The number of methoxy groups -OCH3 is 2. The first kappa shape index (κ1) is 29.5. The van der Waals surface area contributed by atoms with Crippen LogP contribution in [0.4, 0.5) is 0 Å². The Morgan fingerprint density at radius 1 is 0.737 bits per heavy atom. The van der Waals surface area contributed by atoms with Gasteiger partial charge < -0.3 is 34.3 Å². The Kier molecular flexibility index (Phi) is 10.5. The predicted octanol–water partition coefficient (Wildman–Crippen LogP) is 0.546. The number of benzene rings is 2. The summed E-state index contributed by atoms with van der Waals surface area (Å²) in [6.45, 7) is -0.977. The number of carbonyl (C=O) groups is 6. The molecule has 0 saturated carbocycles. The van der Waals surface area contributed by atoms with E-state index in [0.717, 1.165) is 26.4 Å². The lowest BCUT2D eigenvalue weighted by Crippen LogP contribution is -2.26. The van der Waals surface area contributed by atoms with E-state index in [0.29, 0.717) is 0 Å². The van der Waals surface area contributed by atoms with Gasteiger partial charge in [-0.1, -0.05) is 12.1 Å². The number of ketones is 4. The molecule has 2 aromatic carbocycles. The number of aliphatic hydroxyl groups excluding tert-OH is 1. The first-order valence-corrected chi connectivity index (χ1v) is 10.9. The fourth-order valence-electron chi connectivity index (χ4n) is 3.10. The van der Waals surface area contributed by atoms with Gasteiger partial charge in [0.05, 0.1) is 27.1 Å². The van der Waals surface area contributed by atoms with E-state index in [-0.39, 0.29) is 11.5 Å². The second-order valence-corrected chi connectivity index (χ2v) is 7.61. The van der Waals surface area contributed by atoms with Crippen molar-refractivity contribution in [2.24, 2.45) is 0 Å². The number of aliphatic hydroxyl groups is 1. The number of ether oxygens (including phenoxy) is 4. The summed E-state index contributed by atoms with van der Waals surface area (Å²) in [6, 6.07) is 7.57. The molecule has 202 valence electrons. The number of carbonyl (C=O) groups excluding carboxylic acids is 6. The highest BCUT2D eigenvalue weighted by molar-refractivity contribution is 6.38. The molecule has 0 atom stereocenters. The second kappa shape index (κ2) is 13.5. The van der Waals surface area contributed by atoms with Gasteiger partial charge in [0.1, 0.15) is 53.4 Å². The molecule has 38 heavy (non-hydrogen) atoms. The maximum Gasteiger partial charge on any atom is 0.374 e. The van der Waals surface area contributed by atoms with Crippen LogP contribution in [0, 0.1) is 0 Å². The molecule has 0 radical (unpaired) electrons. The summed E-state index contributed by atoms with van der Waals surface area (Å²) in [6.07, 6.45) is -3.16. The lowest BCUT2D eigenvalue weighted by Gasteiger charge is -2.17. The number of hydrogen-bond acceptors (Lipinski definition) is 13. The van der Waals surface area contributed by atoms with Crippen LogP contribution < -0.4 is 9.47 Å². The molecule has 2 aromatic rings. The summed E-state index contributed by atoms with van der Waals surface area (Å²) in [5.74, 6) is -8.03. The molecule has 13 nitrogen and oxygen atoms in total. The first-order valence-electron chi connectivity index (χ1n) is 10.9. The van der Waals surface area contributed by atoms with Crippen LogP contribution in [0.15, 0.2) is 36.4 Å². The highest BCUT2D eigenvalue weighted by atomic mass is 16.8. The fraction of sp³-hybridized carbons (Fsp3) is 0.280. The van der Waals surface area contributed by atoms with Crippen molar-refractivity contribution in [1.29, 1.82) is 0 Å². The second-order valence-electron chi connectivity index (χ2n) is 7.61. The van der Waals surface area contributed by atoms with Gasteiger partial charge in [0.15, 0.2) is 11.6 Å². The van der Waals surface area contributed by atoms with E-state index in [1.165, 1.54) is 24.3 Å². The van der Waals surface area contributed by atoms with Gasteiger partial charge in [-0.25, -0.2) is 9.59 Å². The Morgan fingerprint density at radius 2 is 1.11 bits per heavy atom. The van der Waals surface area contributed by atoms with Crippen LogP contribution >= 0.6 is 0 Å². The molecule has 0 bridgehead atoms. The van der Waals surface area contributed by atoms with Crippen molar-refractivity contribution in [3.05, 3.63) is 47.5 Å². The third kappa shape index (κ3) is 7.61. The topological polar surface area (TPSA) is 200 Å². The Labute approximate surface area is 215 Å². The highest BCUT2D eigenvalue weighted by Gasteiger charge is 2.26. The lowest BCUT2D eigenvalue weighted by atomic mass is 10.1. The SMILES string of the molecule is CO[14C](=O)[14C](=O)CC(=O)c1c(O)cccc1OCC(O)COc1cccc(O)c1C(=O)C[14C](=O)[14C](=O)OC. The van der Waals surface area contributed by atoms with Crippen molar-refractivity contribution in [2.45, 2.75) is 18.9 Å². The first-order chi connectivity index (χ1) is 18.0. The molecule has 0 fully saturated rings. The van der Waals surface area contributed by atoms with E-state index in [1.807, 2.05) is 0 Å². The standard InChI is InChI=1S/C25H24O13/c1-35-24(33)18(31)9-16(29)22-14(27)5-3-7-20(22)37-11-13(26)12-38-21-8-4-6-15(28)23(21)17(30)10-19(32)25(34)36-2/h3-8,13,26-28H,9-12H2,1-2H3/i18+2,19+2,24+2,25+2. The largest absolute Gasteiger partial charge is 0.507 e. The summed E-state index contributed by atoms with van der Waals surface area (Å²) >= 11 is 0. The smallest absolute Gasteiger partial charge is 0.374 e. The minimum atomic E-state index is -1.38. The molecule has 0 aromatic heterocycles. The zero-order valence-corrected chi connectivity index (χ0v) is 20.3. The van der Waals surface area contributed by atoms with Crippen LogP contribution in [0.1, 0.15) is 33.6 Å². The normalized spacial score (nSPS) is 10.4. The van der Waals surface area contributed by atoms with Crippen molar-refractivity contribution in [1.82, 2.24) is 0 Å². The van der Waals surface area contributed by atoms with E-state index in [1.54, 1.807) is 0 Å². The molecule has 3 N–H and O–H groups in total. The average molecular weight is 540 g/mol. The average Bonchev–Trinajstić information content (AvgIpc) is 2.89. The quantitative estimate of drug-likeness (QED) is 0.130. The number of esters is 2. The van der Waals surface area contributed by atoms with Gasteiger partial charge >= 0.3 is 11.9 Å². The van der Waals surface area contributed by atoms with Gasteiger partial charge in [0.2, 0.25) is 11.6 Å². The van der Waals surface area contributed by atoms with Crippen molar-refractivity contribution >= 4 is 35.1 Å². The van der Waals surface area contributed by atoms with Crippen molar-refractivity contribution in [3.8, 4) is 23.0 Å². The predicted molar refractivity (Wildman–Crippen MR) is 125 cm³/mol. The summed E-state index contributed by atoms with van der Waals surface area (Å²) in [7, 11) is 1.94. The zero-order valence-electron chi connectivity index (χ0n) is 20.3. The number of hydrogen-bond donors (Lipinski definition) is 3. The lowest BCUT2D eigenvalue weighted by molar-refractivity contribution is -0.151. The number of Topliss-reactive ketones (excluding diaryl/α,β-unsaturated/α-hetero) is 4. The molecule has 2 rings (SSSR count). The Morgan fingerprint density at radius 3 is 1.45 bits per heavy atom. The molecular formula is C25H24O13. The Balaban J connectivity index is 2.08.